The van der Waals surface area contributed by atoms with E-state index in [1.165, 1.54) is 11.1 Å². The van der Waals surface area contributed by atoms with Crippen molar-refractivity contribution in [3.63, 3.8) is 0 Å². The molecule has 0 saturated heterocycles. The van der Waals surface area contributed by atoms with Crippen LogP contribution in [0.25, 0.3) is 5.69 Å². The van der Waals surface area contributed by atoms with Gasteiger partial charge in [0.05, 0.1) is 17.3 Å². The maximum absolute atomic E-state index is 12.6. The Bertz CT molecular complexity index is 960. The molecule has 1 aliphatic rings. The molecule has 1 fully saturated rings. The van der Waals surface area contributed by atoms with E-state index in [-0.39, 0.29) is 17.8 Å². The van der Waals surface area contributed by atoms with Crippen LogP contribution in [0.4, 0.5) is 0 Å². The van der Waals surface area contributed by atoms with E-state index in [2.05, 4.69) is 30.2 Å². The van der Waals surface area contributed by atoms with Gasteiger partial charge >= 0.3 is 5.97 Å². The highest BCUT2D eigenvalue weighted by molar-refractivity contribution is 5.79. The van der Waals surface area contributed by atoms with Crippen molar-refractivity contribution in [1.82, 2.24) is 9.78 Å². The topological polar surface area (TPSA) is 44.1 Å². The molecule has 4 heteroatoms. The van der Waals surface area contributed by atoms with Crippen LogP contribution in [0, 0.1) is 26.7 Å². The summed E-state index contributed by atoms with van der Waals surface area (Å²) in [7, 11) is 0. The first-order valence-corrected chi connectivity index (χ1v) is 8.94. The van der Waals surface area contributed by atoms with Crippen molar-refractivity contribution in [3.05, 3.63) is 77.0 Å². The lowest BCUT2D eigenvalue weighted by atomic mass is 10.1. The van der Waals surface area contributed by atoms with Gasteiger partial charge in [0.25, 0.3) is 0 Å². The summed E-state index contributed by atoms with van der Waals surface area (Å²) in [5.41, 5.74) is 5.25. The lowest BCUT2D eigenvalue weighted by Crippen LogP contribution is -2.14. The third-order valence-electron chi connectivity index (χ3n) is 4.91. The number of nitrogens with zero attached hydrogens (tertiary/aromatic N) is 2. The predicted molar refractivity (Wildman–Crippen MR) is 101 cm³/mol. The largest absolute Gasteiger partial charge is 0.407 e. The van der Waals surface area contributed by atoms with Gasteiger partial charge in [0.2, 0.25) is 5.88 Å². The number of aromatic nitrogens is 2. The summed E-state index contributed by atoms with van der Waals surface area (Å²) in [6.45, 7) is 6.00. The van der Waals surface area contributed by atoms with E-state index in [0.717, 1.165) is 23.4 Å². The third-order valence-corrected chi connectivity index (χ3v) is 4.91. The van der Waals surface area contributed by atoms with Gasteiger partial charge in [-0.15, -0.1) is 0 Å². The molecule has 2 aromatic carbocycles. The quantitative estimate of drug-likeness (QED) is 0.653. The normalized spacial score (nSPS) is 18.6. The number of carbonyl (C=O) groups is 1. The lowest BCUT2D eigenvalue weighted by Gasteiger charge is -2.11. The first-order valence-electron chi connectivity index (χ1n) is 8.94. The summed E-state index contributed by atoms with van der Waals surface area (Å²) in [5.74, 6) is 0.505. The fourth-order valence-electron chi connectivity index (χ4n) is 3.47. The molecule has 26 heavy (non-hydrogen) atoms. The molecule has 1 aromatic heterocycles. The minimum Gasteiger partial charge on any atom is -0.407 e. The van der Waals surface area contributed by atoms with E-state index in [0.29, 0.717) is 5.88 Å². The number of ether oxygens (including phenoxy) is 1. The fourth-order valence-corrected chi connectivity index (χ4v) is 3.47. The van der Waals surface area contributed by atoms with E-state index < -0.39 is 0 Å². The van der Waals surface area contributed by atoms with Crippen LogP contribution in [-0.4, -0.2) is 15.7 Å². The smallest absolute Gasteiger partial charge is 0.316 e. The maximum Gasteiger partial charge on any atom is 0.316 e. The van der Waals surface area contributed by atoms with Crippen LogP contribution in [0.2, 0.25) is 0 Å². The Kier molecular flexibility index (Phi) is 4.11. The van der Waals surface area contributed by atoms with Crippen molar-refractivity contribution in [2.24, 2.45) is 5.92 Å². The van der Waals surface area contributed by atoms with Crippen LogP contribution < -0.4 is 4.74 Å². The molecular weight excluding hydrogens is 324 g/mol. The van der Waals surface area contributed by atoms with Crippen LogP contribution >= 0.6 is 0 Å². The molecule has 0 amide bonds. The Hall–Kier alpha value is -2.88. The Morgan fingerprint density at radius 3 is 2.58 bits per heavy atom. The molecule has 0 radical (unpaired) electrons. The zero-order valence-corrected chi connectivity index (χ0v) is 15.3. The molecule has 4 nitrogen and oxygen atoms in total. The standard InChI is InChI=1S/C22H22N2O2/c1-14-9-10-20(15(2)11-14)24-21(12-16(3)23-24)26-22(25)19-13-18(19)17-7-5-4-6-8-17/h4-12,18-19H,13H2,1-3H3. The van der Waals surface area contributed by atoms with E-state index in [1.807, 2.05) is 50.2 Å². The molecule has 1 aliphatic carbocycles. The molecule has 1 saturated carbocycles. The molecule has 132 valence electrons. The van der Waals surface area contributed by atoms with E-state index in [1.54, 1.807) is 4.68 Å². The molecule has 3 aromatic rings. The Labute approximate surface area is 153 Å². The zero-order chi connectivity index (χ0) is 18.3. The molecule has 0 N–H and O–H groups in total. The SMILES string of the molecule is Cc1ccc(-n2nc(C)cc2OC(=O)C2CC2c2ccccc2)c(C)c1. The van der Waals surface area contributed by atoms with Crippen molar-refractivity contribution >= 4 is 5.97 Å². The van der Waals surface area contributed by atoms with E-state index in [4.69, 9.17) is 4.74 Å². The minimum absolute atomic E-state index is 0.0693. The van der Waals surface area contributed by atoms with Gasteiger partial charge in [0.15, 0.2) is 0 Å². The first kappa shape index (κ1) is 16.6. The van der Waals surface area contributed by atoms with E-state index >= 15 is 0 Å². The van der Waals surface area contributed by atoms with Gasteiger partial charge in [-0.1, -0.05) is 48.0 Å². The summed E-state index contributed by atoms with van der Waals surface area (Å²) in [4.78, 5) is 12.6. The van der Waals surface area contributed by atoms with Gasteiger partial charge in [0, 0.05) is 6.07 Å². The molecule has 2 unspecified atom stereocenters. The van der Waals surface area contributed by atoms with Gasteiger partial charge in [-0.2, -0.15) is 5.10 Å². The average molecular weight is 346 g/mol. The summed E-state index contributed by atoms with van der Waals surface area (Å²) < 4.78 is 7.47. The highest BCUT2D eigenvalue weighted by atomic mass is 16.5. The number of hydrogen-bond donors (Lipinski definition) is 0. The van der Waals surface area contributed by atoms with Crippen LogP contribution in [0.3, 0.4) is 0 Å². The Balaban J connectivity index is 1.55. The van der Waals surface area contributed by atoms with Crippen molar-refractivity contribution in [2.45, 2.75) is 33.1 Å². The van der Waals surface area contributed by atoms with Crippen LogP contribution in [0.5, 0.6) is 5.88 Å². The van der Waals surface area contributed by atoms with Gasteiger partial charge in [-0.05, 0) is 50.3 Å². The van der Waals surface area contributed by atoms with Crippen molar-refractivity contribution in [3.8, 4) is 11.6 Å². The highest BCUT2D eigenvalue weighted by Gasteiger charge is 2.45. The number of carbonyl (C=O) groups excluding carboxylic acids is 1. The summed E-state index contributed by atoms with van der Waals surface area (Å²) >= 11 is 0. The molecule has 4 rings (SSSR count). The number of hydrogen-bond acceptors (Lipinski definition) is 3. The zero-order valence-electron chi connectivity index (χ0n) is 15.3. The second kappa shape index (κ2) is 6.45. The highest BCUT2D eigenvalue weighted by Crippen LogP contribution is 2.48. The van der Waals surface area contributed by atoms with Crippen LogP contribution in [-0.2, 0) is 4.79 Å². The number of esters is 1. The fraction of sp³-hybridized carbons (Fsp3) is 0.273. The molecule has 1 heterocycles. The molecular formula is C22H22N2O2. The van der Waals surface area contributed by atoms with Gasteiger partial charge in [0.1, 0.15) is 0 Å². The van der Waals surface area contributed by atoms with Gasteiger partial charge < -0.3 is 4.74 Å². The number of benzene rings is 2. The third kappa shape index (κ3) is 3.15. The predicted octanol–water partition coefficient (Wildman–Crippen LogP) is 4.51. The van der Waals surface area contributed by atoms with Gasteiger partial charge in [-0.3, -0.25) is 4.79 Å². The molecule has 0 spiro atoms. The maximum atomic E-state index is 12.6. The Morgan fingerprint density at radius 2 is 1.85 bits per heavy atom. The minimum atomic E-state index is -0.176. The Morgan fingerprint density at radius 1 is 1.08 bits per heavy atom. The average Bonchev–Trinajstić information content (AvgIpc) is 3.34. The van der Waals surface area contributed by atoms with Crippen molar-refractivity contribution < 1.29 is 9.53 Å². The lowest BCUT2D eigenvalue weighted by molar-refractivity contribution is -0.136. The first-order chi connectivity index (χ1) is 12.5. The second-order valence-corrected chi connectivity index (χ2v) is 7.11. The monoisotopic (exact) mass is 346 g/mol. The number of rotatable bonds is 4. The summed E-state index contributed by atoms with van der Waals surface area (Å²) in [5, 5.41) is 4.52. The van der Waals surface area contributed by atoms with E-state index in [9.17, 15) is 4.79 Å². The van der Waals surface area contributed by atoms with Crippen molar-refractivity contribution in [1.29, 1.82) is 0 Å². The second-order valence-electron chi connectivity index (χ2n) is 7.11. The van der Waals surface area contributed by atoms with Crippen molar-refractivity contribution in [2.75, 3.05) is 0 Å². The summed E-state index contributed by atoms with van der Waals surface area (Å²) in [6, 6.07) is 18.1. The molecule has 2 atom stereocenters. The molecule has 0 aliphatic heterocycles. The number of aryl methyl sites for hydroxylation is 3. The van der Waals surface area contributed by atoms with Crippen LogP contribution in [0.1, 0.15) is 34.7 Å². The molecule has 0 bridgehead atoms. The summed E-state index contributed by atoms with van der Waals surface area (Å²) in [6.07, 6.45) is 0.847. The van der Waals surface area contributed by atoms with Gasteiger partial charge in [-0.25, -0.2) is 4.68 Å². The van der Waals surface area contributed by atoms with Crippen LogP contribution in [0.15, 0.2) is 54.6 Å².